The molecule has 3 rings (SSSR count). The standard InChI is InChI=1S/C21H29BrN4/c1-6-8-15(4)23-20-18-9-7-10-26(21(18)25-16(5)24-20)19-13(2)11-17(22)12-14(19)3/h11-12,15H,6-10H2,1-5H3,(H,23,24,25). The highest BCUT2D eigenvalue weighted by atomic mass is 79.9. The van der Waals surface area contributed by atoms with E-state index in [1.807, 2.05) is 6.92 Å². The second kappa shape index (κ2) is 7.95. The first-order chi connectivity index (χ1) is 12.4. The van der Waals surface area contributed by atoms with Crippen LogP contribution in [0.1, 0.15) is 55.6 Å². The zero-order valence-electron chi connectivity index (χ0n) is 16.5. The number of hydrogen-bond donors (Lipinski definition) is 1. The molecule has 0 saturated carbocycles. The fourth-order valence-electron chi connectivity index (χ4n) is 3.96. The summed E-state index contributed by atoms with van der Waals surface area (Å²) in [6, 6.07) is 4.80. The molecule has 0 aliphatic carbocycles. The van der Waals surface area contributed by atoms with Gasteiger partial charge >= 0.3 is 0 Å². The molecular weight excluding hydrogens is 388 g/mol. The van der Waals surface area contributed by atoms with Gasteiger partial charge in [-0.2, -0.15) is 0 Å². The van der Waals surface area contributed by atoms with E-state index in [9.17, 15) is 0 Å². The number of hydrogen-bond acceptors (Lipinski definition) is 4. The van der Waals surface area contributed by atoms with Crippen LogP contribution in [0.5, 0.6) is 0 Å². The van der Waals surface area contributed by atoms with Crippen LogP contribution in [0.25, 0.3) is 0 Å². The lowest BCUT2D eigenvalue weighted by molar-refractivity contribution is 0.679. The minimum atomic E-state index is 0.421. The number of aromatic nitrogens is 2. The average molecular weight is 417 g/mol. The van der Waals surface area contributed by atoms with Gasteiger partial charge in [-0.3, -0.25) is 0 Å². The zero-order chi connectivity index (χ0) is 18.8. The Morgan fingerprint density at radius 3 is 2.54 bits per heavy atom. The number of nitrogens with zero attached hydrogens (tertiary/aromatic N) is 3. The van der Waals surface area contributed by atoms with Crippen LogP contribution in [0.4, 0.5) is 17.3 Å². The highest BCUT2D eigenvalue weighted by Gasteiger charge is 2.26. The van der Waals surface area contributed by atoms with E-state index in [0.29, 0.717) is 6.04 Å². The van der Waals surface area contributed by atoms with Crippen molar-refractivity contribution in [3.8, 4) is 0 Å². The number of fused-ring (bicyclic) bond motifs is 1. The zero-order valence-corrected chi connectivity index (χ0v) is 18.1. The van der Waals surface area contributed by atoms with Gasteiger partial charge in [-0.25, -0.2) is 9.97 Å². The Hall–Kier alpha value is -1.62. The van der Waals surface area contributed by atoms with Gasteiger partial charge in [0.05, 0.1) is 0 Å². The van der Waals surface area contributed by atoms with Crippen molar-refractivity contribution in [1.29, 1.82) is 0 Å². The summed E-state index contributed by atoms with van der Waals surface area (Å²) < 4.78 is 1.13. The largest absolute Gasteiger partial charge is 0.367 e. The predicted octanol–water partition coefficient (Wildman–Crippen LogP) is 5.85. The van der Waals surface area contributed by atoms with Crippen LogP contribution in [0.2, 0.25) is 0 Å². The third kappa shape index (κ3) is 3.88. The summed E-state index contributed by atoms with van der Waals surface area (Å²) in [5, 5.41) is 3.64. The summed E-state index contributed by atoms with van der Waals surface area (Å²) in [4.78, 5) is 12.0. The number of halogens is 1. The highest BCUT2D eigenvalue weighted by molar-refractivity contribution is 9.10. The first-order valence-electron chi connectivity index (χ1n) is 9.59. The molecule has 1 N–H and O–H groups in total. The third-order valence-electron chi connectivity index (χ3n) is 4.99. The first-order valence-corrected chi connectivity index (χ1v) is 10.4. The maximum atomic E-state index is 4.85. The lowest BCUT2D eigenvalue weighted by Gasteiger charge is -2.34. The monoisotopic (exact) mass is 416 g/mol. The van der Waals surface area contributed by atoms with Crippen LogP contribution < -0.4 is 10.2 Å². The van der Waals surface area contributed by atoms with E-state index in [1.165, 1.54) is 28.8 Å². The molecule has 0 fully saturated rings. The van der Waals surface area contributed by atoms with Crippen molar-refractivity contribution in [3.05, 3.63) is 39.1 Å². The van der Waals surface area contributed by atoms with Crippen LogP contribution >= 0.6 is 15.9 Å². The first kappa shape index (κ1) is 19.2. The van der Waals surface area contributed by atoms with Gasteiger partial charge in [-0.05, 0) is 70.2 Å². The molecule has 1 aliphatic heterocycles. The van der Waals surface area contributed by atoms with E-state index in [-0.39, 0.29) is 0 Å². The van der Waals surface area contributed by atoms with Gasteiger partial charge in [0, 0.05) is 28.3 Å². The van der Waals surface area contributed by atoms with Gasteiger partial charge in [0.25, 0.3) is 0 Å². The van der Waals surface area contributed by atoms with Crippen molar-refractivity contribution in [3.63, 3.8) is 0 Å². The number of benzene rings is 1. The normalized spacial score (nSPS) is 14.9. The molecule has 1 aromatic carbocycles. The Bertz CT molecular complexity index is 780. The minimum Gasteiger partial charge on any atom is -0.367 e. The molecule has 1 aromatic heterocycles. The number of aryl methyl sites for hydroxylation is 3. The second-order valence-electron chi connectivity index (χ2n) is 7.40. The molecule has 1 atom stereocenters. The van der Waals surface area contributed by atoms with Crippen LogP contribution in [-0.2, 0) is 6.42 Å². The van der Waals surface area contributed by atoms with Crippen LogP contribution in [0.3, 0.4) is 0 Å². The topological polar surface area (TPSA) is 41.1 Å². The summed E-state index contributed by atoms with van der Waals surface area (Å²) >= 11 is 3.61. The number of rotatable bonds is 5. The SMILES string of the molecule is CCCC(C)Nc1nc(C)nc2c1CCCN2c1c(C)cc(Br)cc1C. The predicted molar refractivity (Wildman–Crippen MR) is 114 cm³/mol. The fraction of sp³-hybridized carbons (Fsp3) is 0.524. The average Bonchev–Trinajstić information content (AvgIpc) is 2.54. The van der Waals surface area contributed by atoms with Gasteiger partial charge < -0.3 is 10.2 Å². The van der Waals surface area contributed by atoms with E-state index < -0.39 is 0 Å². The Morgan fingerprint density at radius 1 is 1.19 bits per heavy atom. The molecule has 2 heterocycles. The second-order valence-corrected chi connectivity index (χ2v) is 8.31. The Morgan fingerprint density at radius 2 is 1.88 bits per heavy atom. The quantitative estimate of drug-likeness (QED) is 0.663. The maximum Gasteiger partial charge on any atom is 0.142 e. The molecule has 4 nitrogen and oxygen atoms in total. The Balaban J connectivity index is 2.07. The third-order valence-corrected chi connectivity index (χ3v) is 5.45. The molecule has 140 valence electrons. The Labute approximate surface area is 165 Å². The lowest BCUT2D eigenvalue weighted by Crippen LogP contribution is -2.29. The molecule has 1 unspecified atom stereocenters. The van der Waals surface area contributed by atoms with Crippen molar-refractivity contribution in [2.75, 3.05) is 16.8 Å². The lowest BCUT2D eigenvalue weighted by atomic mass is 10.0. The van der Waals surface area contributed by atoms with Crippen LogP contribution in [0, 0.1) is 20.8 Å². The van der Waals surface area contributed by atoms with E-state index in [4.69, 9.17) is 9.97 Å². The smallest absolute Gasteiger partial charge is 0.142 e. The molecule has 2 aromatic rings. The summed E-state index contributed by atoms with van der Waals surface area (Å²) in [6.45, 7) is 11.8. The fourth-order valence-corrected chi connectivity index (χ4v) is 4.65. The maximum absolute atomic E-state index is 4.85. The van der Waals surface area contributed by atoms with Crippen LogP contribution in [-0.4, -0.2) is 22.6 Å². The van der Waals surface area contributed by atoms with Crippen molar-refractivity contribution in [2.45, 2.75) is 66.3 Å². The number of anilines is 3. The molecule has 26 heavy (non-hydrogen) atoms. The molecule has 1 aliphatic rings. The molecule has 0 saturated heterocycles. The minimum absolute atomic E-state index is 0.421. The van der Waals surface area contributed by atoms with Crippen molar-refractivity contribution < 1.29 is 0 Å². The van der Waals surface area contributed by atoms with Crippen LogP contribution in [0.15, 0.2) is 16.6 Å². The van der Waals surface area contributed by atoms with E-state index in [2.05, 4.69) is 66.0 Å². The summed E-state index contributed by atoms with van der Waals surface area (Å²) in [7, 11) is 0. The summed E-state index contributed by atoms with van der Waals surface area (Å²) in [5.41, 5.74) is 5.08. The van der Waals surface area contributed by atoms with Gasteiger partial charge in [0.2, 0.25) is 0 Å². The molecule has 0 spiro atoms. The highest BCUT2D eigenvalue weighted by Crippen LogP contribution is 2.39. The van der Waals surface area contributed by atoms with Crippen molar-refractivity contribution in [2.24, 2.45) is 0 Å². The van der Waals surface area contributed by atoms with Gasteiger partial charge in [0.1, 0.15) is 17.5 Å². The van der Waals surface area contributed by atoms with Gasteiger partial charge in [0.15, 0.2) is 0 Å². The molecule has 0 bridgehead atoms. The van der Waals surface area contributed by atoms with E-state index in [1.54, 1.807) is 0 Å². The molecular formula is C21H29BrN4. The summed E-state index contributed by atoms with van der Waals surface area (Å²) in [6.07, 6.45) is 4.46. The Kier molecular flexibility index (Phi) is 5.86. The molecule has 0 radical (unpaired) electrons. The van der Waals surface area contributed by atoms with E-state index in [0.717, 1.165) is 47.7 Å². The van der Waals surface area contributed by atoms with Crippen molar-refractivity contribution >= 4 is 33.3 Å². The van der Waals surface area contributed by atoms with Gasteiger partial charge in [-0.15, -0.1) is 0 Å². The summed E-state index contributed by atoms with van der Waals surface area (Å²) in [5.74, 6) is 2.92. The van der Waals surface area contributed by atoms with Crippen molar-refractivity contribution in [1.82, 2.24) is 9.97 Å². The van der Waals surface area contributed by atoms with Gasteiger partial charge in [-0.1, -0.05) is 29.3 Å². The number of nitrogens with one attached hydrogen (secondary N) is 1. The molecule has 5 heteroatoms. The molecule has 0 amide bonds. The van der Waals surface area contributed by atoms with E-state index >= 15 is 0 Å².